The van der Waals surface area contributed by atoms with E-state index in [1.165, 1.54) is 0 Å². The normalized spacial score (nSPS) is 25.9. The van der Waals surface area contributed by atoms with Crippen molar-refractivity contribution in [2.45, 2.75) is 44.8 Å². The molecule has 90 valence electrons. The number of halogens is 2. The zero-order chi connectivity index (χ0) is 10.8. The number of carbonyl (C=O) groups excluding carboxylic acids is 1. The van der Waals surface area contributed by atoms with Gasteiger partial charge in [0.15, 0.2) is 0 Å². The van der Waals surface area contributed by atoms with E-state index < -0.39 is 11.6 Å². The average Bonchev–Trinajstić information content (AvgIpc) is 2.53. The van der Waals surface area contributed by atoms with Crippen LogP contribution in [0.5, 0.6) is 0 Å². The molecule has 15 heavy (non-hydrogen) atoms. The van der Waals surface area contributed by atoms with Crippen molar-refractivity contribution in [2.24, 2.45) is 0 Å². The minimum atomic E-state index is -1.70. The van der Waals surface area contributed by atoms with Gasteiger partial charge < -0.3 is 10.6 Å². The first-order valence-corrected chi connectivity index (χ1v) is 5.12. The second kappa shape index (κ2) is 5.12. The molecule has 1 aliphatic heterocycles. The van der Waals surface area contributed by atoms with Gasteiger partial charge in [-0.1, -0.05) is 6.92 Å². The topological polar surface area (TPSA) is 41.1 Å². The van der Waals surface area contributed by atoms with Crippen LogP contribution in [0.25, 0.3) is 0 Å². The van der Waals surface area contributed by atoms with Gasteiger partial charge in [-0.25, -0.2) is 4.39 Å². The SMILES string of the molecule is CCC(C)(C)NC(=O)C1(F)CCNC1.Cl. The molecule has 0 saturated carbocycles. The van der Waals surface area contributed by atoms with Crippen molar-refractivity contribution >= 4 is 18.3 Å². The van der Waals surface area contributed by atoms with Crippen LogP contribution in [-0.4, -0.2) is 30.2 Å². The molecule has 5 heteroatoms. The minimum Gasteiger partial charge on any atom is -0.348 e. The molecule has 1 aliphatic rings. The number of hydrogen-bond acceptors (Lipinski definition) is 2. The van der Waals surface area contributed by atoms with Crippen molar-refractivity contribution < 1.29 is 9.18 Å². The predicted molar refractivity (Wildman–Crippen MR) is 61.1 cm³/mol. The maximum atomic E-state index is 13.9. The molecule has 1 unspecified atom stereocenters. The Kier molecular flexibility index (Phi) is 5.00. The highest BCUT2D eigenvalue weighted by Crippen LogP contribution is 2.21. The summed E-state index contributed by atoms with van der Waals surface area (Å²) in [5.74, 6) is -0.477. The summed E-state index contributed by atoms with van der Waals surface area (Å²) in [6.45, 7) is 6.49. The third-order valence-electron chi connectivity index (χ3n) is 2.85. The van der Waals surface area contributed by atoms with E-state index in [2.05, 4.69) is 10.6 Å². The quantitative estimate of drug-likeness (QED) is 0.781. The molecule has 2 N–H and O–H groups in total. The second-order valence-corrected chi connectivity index (χ2v) is 4.58. The first kappa shape index (κ1) is 14.6. The highest BCUT2D eigenvalue weighted by Gasteiger charge is 2.42. The van der Waals surface area contributed by atoms with Crippen LogP contribution in [0.1, 0.15) is 33.6 Å². The van der Waals surface area contributed by atoms with E-state index >= 15 is 0 Å². The van der Waals surface area contributed by atoms with Crippen LogP contribution in [0.15, 0.2) is 0 Å². The largest absolute Gasteiger partial charge is 0.348 e. The average molecular weight is 239 g/mol. The summed E-state index contributed by atoms with van der Waals surface area (Å²) < 4.78 is 13.9. The summed E-state index contributed by atoms with van der Waals surface area (Å²) in [6, 6.07) is 0. The fourth-order valence-electron chi connectivity index (χ4n) is 1.36. The molecule has 1 saturated heterocycles. The maximum Gasteiger partial charge on any atom is 0.259 e. The van der Waals surface area contributed by atoms with Crippen LogP contribution in [0.4, 0.5) is 4.39 Å². The van der Waals surface area contributed by atoms with E-state index in [0.29, 0.717) is 6.54 Å². The van der Waals surface area contributed by atoms with Gasteiger partial charge >= 0.3 is 0 Å². The zero-order valence-electron chi connectivity index (χ0n) is 9.52. The Labute approximate surface area is 96.6 Å². The summed E-state index contributed by atoms with van der Waals surface area (Å²) in [5, 5.41) is 5.60. The van der Waals surface area contributed by atoms with Crippen LogP contribution in [0.3, 0.4) is 0 Å². The molecule has 0 bridgehead atoms. The number of amides is 1. The van der Waals surface area contributed by atoms with Crippen molar-refractivity contribution in [3.8, 4) is 0 Å². The summed E-state index contributed by atoms with van der Waals surface area (Å²) in [7, 11) is 0. The third-order valence-corrected chi connectivity index (χ3v) is 2.85. The molecule has 0 aromatic heterocycles. The molecular weight excluding hydrogens is 219 g/mol. The summed E-state index contributed by atoms with van der Waals surface area (Å²) in [4.78, 5) is 11.6. The van der Waals surface area contributed by atoms with Crippen molar-refractivity contribution in [2.75, 3.05) is 13.1 Å². The fourth-order valence-corrected chi connectivity index (χ4v) is 1.36. The third kappa shape index (κ3) is 3.61. The molecule has 0 aliphatic carbocycles. The molecule has 1 rings (SSSR count). The van der Waals surface area contributed by atoms with E-state index in [9.17, 15) is 9.18 Å². The van der Waals surface area contributed by atoms with Crippen LogP contribution in [0, 0.1) is 0 Å². The summed E-state index contributed by atoms with van der Waals surface area (Å²) in [6.07, 6.45) is 1.07. The molecule has 3 nitrogen and oxygen atoms in total. The fraction of sp³-hybridized carbons (Fsp3) is 0.900. The Morgan fingerprint density at radius 3 is 2.60 bits per heavy atom. The van der Waals surface area contributed by atoms with Gasteiger partial charge in [-0.3, -0.25) is 4.79 Å². The molecule has 0 spiro atoms. The van der Waals surface area contributed by atoms with E-state index in [0.717, 1.165) is 6.42 Å². The lowest BCUT2D eigenvalue weighted by Gasteiger charge is -2.28. The number of alkyl halides is 1. The van der Waals surface area contributed by atoms with Crippen LogP contribution >= 0.6 is 12.4 Å². The van der Waals surface area contributed by atoms with Crippen molar-refractivity contribution in [1.29, 1.82) is 0 Å². The zero-order valence-corrected chi connectivity index (χ0v) is 10.3. The van der Waals surface area contributed by atoms with Crippen molar-refractivity contribution in [3.63, 3.8) is 0 Å². The molecular formula is C10H20ClFN2O. The van der Waals surface area contributed by atoms with Gasteiger partial charge in [-0.2, -0.15) is 0 Å². The predicted octanol–water partition coefficient (Wildman–Crippen LogP) is 1.41. The van der Waals surface area contributed by atoms with Gasteiger partial charge in [-0.15, -0.1) is 12.4 Å². The standard InChI is InChI=1S/C10H19FN2O.ClH/c1-4-9(2,3)13-8(14)10(11)5-6-12-7-10;/h12H,4-7H2,1-3H3,(H,13,14);1H. The Bertz CT molecular complexity index is 227. The summed E-state index contributed by atoms with van der Waals surface area (Å²) in [5.41, 5.74) is -2.02. The smallest absolute Gasteiger partial charge is 0.259 e. The lowest BCUT2D eigenvalue weighted by atomic mass is 9.98. The van der Waals surface area contributed by atoms with E-state index in [1.807, 2.05) is 20.8 Å². The van der Waals surface area contributed by atoms with Gasteiger partial charge in [-0.05, 0) is 26.8 Å². The molecule has 1 atom stereocenters. The Morgan fingerprint density at radius 2 is 2.20 bits per heavy atom. The molecule has 1 amide bonds. The molecule has 0 radical (unpaired) electrons. The van der Waals surface area contributed by atoms with Crippen LogP contribution < -0.4 is 10.6 Å². The van der Waals surface area contributed by atoms with Gasteiger partial charge in [0.05, 0.1) is 0 Å². The van der Waals surface area contributed by atoms with Crippen molar-refractivity contribution in [3.05, 3.63) is 0 Å². The molecule has 1 heterocycles. The van der Waals surface area contributed by atoms with E-state index in [1.54, 1.807) is 0 Å². The maximum absolute atomic E-state index is 13.9. The number of hydrogen-bond donors (Lipinski definition) is 2. The molecule has 0 aromatic rings. The highest BCUT2D eigenvalue weighted by molar-refractivity contribution is 5.86. The van der Waals surface area contributed by atoms with Crippen LogP contribution in [-0.2, 0) is 4.79 Å². The lowest BCUT2D eigenvalue weighted by Crippen LogP contribution is -2.52. The first-order valence-electron chi connectivity index (χ1n) is 5.12. The van der Waals surface area contributed by atoms with Gasteiger partial charge in [0.1, 0.15) is 0 Å². The highest BCUT2D eigenvalue weighted by atomic mass is 35.5. The lowest BCUT2D eigenvalue weighted by molar-refractivity contribution is -0.133. The van der Waals surface area contributed by atoms with Gasteiger partial charge in [0.25, 0.3) is 5.91 Å². The summed E-state index contributed by atoms with van der Waals surface area (Å²) >= 11 is 0. The molecule has 1 fully saturated rings. The van der Waals surface area contributed by atoms with Gasteiger partial charge in [0.2, 0.25) is 5.67 Å². The van der Waals surface area contributed by atoms with Crippen LogP contribution in [0.2, 0.25) is 0 Å². The Balaban J connectivity index is 0.00000196. The molecule has 0 aromatic carbocycles. The Morgan fingerprint density at radius 1 is 1.60 bits per heavy atom. The van der Waals surface area contributed by atoms with Crippen molar-refractivity contribution in [1.82, 2.24) is 10.6 Å². The van der Waals surface area contributed by atoms with E-state index in [-0.39, 0.29) is 30.9 Å². The number of nitrogens with one attached hydrogen (secondary N) is 2. The minimum absolute atomic E-state index is 0. The number of carbonyl (C=O) groups is 1. The Hall–Kier alpha value is -0.350. The monoisotopic (exact) mass is 238 g/mol. The van der Waals surface area contributed by atoms with Gasteiger partial charge in [0, 0.05) is 18.5 Å². The first-order chi connectivity index (χ1) is 6.40. The van der Waals surface area contributed by atoms with E-state index in [4.69, 9.17) is 0 Å². The number of rotatable bonds is 3. The second-order valence-electron chi connectivity index (χ2n) is 4.58.